The van der Waals surface area contributed by atoms with Crippen LogP contribution in [0.5, 0.6) is 0 Å². The number of aromatic nitrogens is 15. The van der Waals surface area contributed by atoms with Crippen molar-refractivity contribution in [1.29, 1.82) is 0 Å². The number of anilines is 5. The number of nitrogens with zero attached hydrogens (tertiary/aromatic N) is 15. The zero-order chi connectivity index (χ0) is 89.4. The number of benzene rings is 4. The van der Waals surface area contributed by atoms with Gasteiger partial charge in [-0.1, -0.05) is 108 Å². The number of nitrogen functional groups attached to an aromatic ring is 5. The molecule has 27 nitrogen and oxygen atoms in total. The van der Waals surface area contributed by atoms with Gasteiger partial charge in [0, 0.05) is 115 Å². The lowest BCUT2D eigenvalue weighted by Crippen LogP contribution is -2.28. The van der Waals surface area contributed by atoms with E-state index in [2.05, 4.69) is 208 Å². The summed E-state index contributed by atoms with van der Waals surface area (Å²) in [6.45, 7) is 14.5. The number of carbonyl (C=O) groups is 1. The number of thiophene rings is 4. The molecule has 18 aromatic rings. The average Bonchev–Trinajstić information content (AvgIpc) is 1.64. The zero-order valence-corrected chi connectivity index (χ0v) is 77.0. The molecule has 5 aliphatic heterocycles. The van der Waals surface area contributed by atoms with E-state index < -0.39 is 0 Å². The van der Waals surface area contributed by atoms with Crippen molar-refractivity contribution in [3.63, 3.8) is 0 Å². The van der Waals surface area contributed by atoms with Crippen LogP contribution >= 0.6 is 56.9 Å². The van der Waals surface area contributed by atoms with Crippen LogP contribution in [0.25, 0.3) is 115 Å². The fourth-order valence-electron chi connectivity index (χ4n) is 18.0. The monoisotopic (exact) mass is 1840 g/mol. The maximum Gasteiger partial charge on any atom is 0.338 e. The number of aryl methyl sites for hydroxylation is 1. The van der Waals surface area contributed by atoms with Crippen LogP contribution in [0.4, 0.5) is 29.1 Å². The minimum atomic E-state index is -0.311. The second-order valence-corrected chi connectivity index (χ2v) is 37.8. The highest BCUT2D eigenvalue weighted by molar-refractivity contribution is 7.15. The van der Waals surface area contributed by atoms with Crippen molar-refractivity contribution < 1.29 is 9.53 Å². The topological polar surface area (TPSA) is 367 Å². The van der Waals surface area contributed by atoms with Crippen molar-refractivity contribution in [1.82, 2.24) is 98.4 Å². The average molecular weight is 1840 g/mol. The lowest BCUT2D eigenvalue weighted by Gasteiger charge is -2.20. The highest BCUT2D eigenvalue weighted by Gasteiger charge is 2.29. The number of imidazole rings is 5. The molecule has 5 fully saturated rings. The normalized spacial score (nSPS) is 17.6. The third-order valence-corrected chi connectivity index (χ3v) is 29.0. The van der Waals surface area contributed by atoms with Gasteiger partial charge in [0.05, 0.1) is 120 Å². The molecule has 0 aliphatic carbocycles. The van der Waals surface area contributed by atoms with Crippen molar-refractivity contribution in [2.45, 2.75) is 108 Å². The summed E-state index contributed by atoms with van der Waals surface area (Å²) in [5.41, 5.74) is 54.7. The number of rotatable bonds is 15. The molecule has 131 heavy (non-hydrogen) atoms. The van der Waals surface area contributed by atoms with Gasteiger partial charge in [-0.3, -0.25) is 22.0 Å². The summed E-state index contributed by atoms with van der Waals surface area (Å²) in [6, 6.07) is 45.6. The first-order chi connectivity index (χ1) is 64.2. The first-order valence-corrected chi connectivity index (χ1v) is 48.7. The molecule has 668 valence electrons. The molecule has 0 saturated carbocycles. The van der Waals surface area contributed by atoms with Crippen LogP contribution in [0, 0.1) is 6.92 Å². The highest BCUT2D eigenvalue weighted by atomic mass is 35.5. The Kier molecular flexibility index (Phi) is 26.7. The van der Waals surface area contributed by atoms with Crippen LogP contribution in [-0.4, -0.2) is 150 Å². The Hall–Kier alpha value is -12.7. The van der Waals surface area contributed by atoms with E-state index in [9.17, 15) is 4.79 Å². The number of ether oxygens (including phenoxy) is 1. The number of fused-ring (bicyclic) bond motifs is 5. The van der Waals surface area contributed by atoms with E-state index in [1.54, 1.807) is 52.5 Å². The number of piperidine rings is 5. The van der Waals surface area contributed by atoms with Gasteiger partial charge < -0.3 is 60.0 Å². The SMILES string of the molecule is CCOC(=O)c1csc(-c2cnc(N)c3nc([C@H]4CCCNC4)cn23)c1.Cc1cccc(-c2cnc(N)c3nc([C@H]4CCCNC4)cn23)c1.Nc1ncc(-c2cc(-c3ccc(Cl)cc3)cs2)n2cc([C@H]3CCCNC3)nc12.Nc1ncc(-c2cc(-c3ccccc3)cs2)n2cc([C@H]3CCCNC3)nc12.Nc1ncc(-c2sccc2-c2ccccc2)n2cc(C3CCCNC3)nc12. The molecule has 14 aromatic heterocycles. The first-order valence-electron chi connectivity index (χ1n) is 44.9. The first kappa shape index (κ1) is 87.7. The van der Waals surface area contributed by atoms with Gasteiger partial charge in [0.1, 0.15) is 0 Å². The zero-order valence-electron chi connectivity index (χ0n) is 72.9. The van der Waals surface area contributed by atoms with Gasteiger partial charge in [-0.15, -0.1) is 45.3 Å². The van der Waals surface area contributed by atoms with Gasteiger partial charge in [0.25, 0.3) is 0 Å². The minimum Gasteiger partial charge on any atom is -0.462 e. The predicted molar refractivity (Wildman–Crippen MR) is 532 cm³/mol. The van der Waals surface area contributed by atoms with Crippen LogP contribution in [0.3, 0.4) is 0 Å². The van der Waals surface area contributed by atoms with E-state index in [-0.39, 0.29) is 5.97 Å². The molecule has 0 radical (unpaired) electrons. The smallest absolute Gasteiger partial charge is 0.338 e. The fourth-order valence-corrected chi connectivity index (χ4v) is 21.8. The highest BCUT2D eigenvalue weighted by Crippen LogP contribution is 2.42. The Morgan fingerprint density at radius 1 is 0.389 bits per heavy atom. The Labute approximate surface area is 779 Å². The standard InChI is InChI=1S/C21H20ClN5S.2C21H21N5S.C18H21N5O2S.C18H21N5/c22-16-5-3-13(4-6-16)15-8-19(28-12-15)18-10-25-20(23)21-26-17(11-27(18)21)14-2-1-7-24-9-14;22-20-21-25-17(15-7-4-9-23-11-15)13-26(21)18(12-24-20)19-16(8-10-27-19)14-5-2-1-3-6-14;22-20-21-25-17(15-7-4-8-23-10-15)12-26(21)18(11-24-20)19-9-16(13-27-19)14-5-2-1-3-6-14;1-2-25-18(24)12-6-15(26-10-12)14-8-21-16(19)17-22-13(9-23(14)17)11-4-3-5-20-7-11;1-12-4-2-5-13(8-12)16-10-21-17(19)18-22-15(11-23(16)18)14-6-3-7-20-9-14/h3-6,8,10-12,14,24H,1-2,7,9H2,(H2,23,25);1-3,5-6,8,10,12-13,15,23H,4,7,9,11H2,(H2,22,24);1-3,5-6,9,11-13,15,23H,4,7-8,10H2,(H2,22,24);6,8-11,20H,2-5,7H2,1H3,(H2,19,21);2,4-5,8,10-11,14,20H,3,6-7,9H2,1H3,(H2,19,21)/t14-;;15-;11-;14-/m0.000/s1. The molecule has 5 saturated heterocycles. The van der Waals surface area contributed by atoms with Crippen molar-refractivity contribution >= 4 is 120 Å². The molecular formula is C99H104ClN25O2S4. The van der Waals surface area contributed by atoms with E-state index in [0.717, 1.165) is 208 Å². The van der Waals surface area contributed by atoms with Gasteiger partial charge >= 0.3 is 5.97 Å². The Morgan fingerprint density at radius 3 is 1.13 bits per heavy atom. The molecule has 19 heterocycles. The molecule has 0 bridgehead atoms. The quantitative estimate of drug-likeness (QED) is 0.0426. The van der Waals surface area contributed by atoms with Crippen molar-refractivity contribution in [3.8, 4) is 86.9 Å². The summed E-state index contributed by atoms with van der Waals surface area (Å²) in [7, 11) is 0. The van der Waals surface area contributed by atoms with Gasteiger partial charge in [-0.05, 0) is 197 Å². The number of hydrogen-bond acceptors (Lipinski definition) is 26. The second-order valence-electron chi connectivity index (χ2n) is 33.7. The van der Waals surface area contributed by atoms with Gasteiger partial charge in [-0.2, -0.15) is 0 Å². The lowest BCUT2D eigenvalue weighted by atomic mass is 9.97. The number of nitrogens with one attached hydrogen (secondary N) is 5. The summed E-state index contributed by atoms with van der Waals surface area (Å²) >= 11 is 12.6. The Morgan fingerprint density at radius 2 is 0.740 bits per heavy atom. The third-order valence-electron chi connectivity index (χ3n) is 24.9. The van der Waals surface area contributed by atoms with Crippen molar-refractivity contribution in [2.75, 3.05) is 101 Å². The van der Waals surface area contributed by atoms with E-state index in [1.807, 2.05) is 77.8 Å². The lowest BCUT2D eigenvalue weighted by molar-refractivity contribution is 0.0527. The number of esters is 1. The van der Waals surface area contributed by atoms with Gasteiger partial charge in [0.2, 0.25) is 0 Å². The largest absolute Gasteiger partial charge is 0.462 e. The van der Waals surface area contributed by atoms with E-state index in [1.165, 1.54) is 81.7 Å². The Bertz CT molecular complexity index is 7000. The van der Waals surface area contributed by atoms with Gasteiger partial charge in [0.15, 0.2) is 57.3 Å². The molecule has 23 rings (SSSR count). The van der Waals surface area contributed by atoms with Crippen LogP contribution in [0.15, 0.2) is 217 Å². The predicted octanol–water partition coefficient (Wildman–Crippen LogP) is 18.6. The van der Waals surface area contributed by atoms with Crippen LogP contribution in [-0.2, 0) is 4.74 Å². The third kappa shape index (κ3) is 19.3. The van der Waals surface area contributed by atoms with E-state index in [0.29, 0.717) is 76.5 Å². The number of hydrogen-bond donors (Lipinski definition) is 10. The maximum absolute atomic E-state index is 11.9. The maximum atomic E-state index is 11.9. The van der Waals surface area contributed by atoms with E-state index in [4.69, 9.17) is 69.9 Å². The van der Waals surface area contributed by atoms with Gasteiger partial charge in [-0.25, -0.2) is 54.6 Å². The molecule has 15 N–H and O–H groups in total. The van der Waals surface area contributed by atoms with E-state index >= 15 is 0 Å². The summed E-state index contributed by atoms with van der Waals surface area (Å²) in [5.74, 6) is 4.14. The van der Waals surface area contributed by atoms with Crippen LogP contribution in [0.2, 0.25) is 5.02 Å². The molecule has 0 amide bonds. The molecule has 32 heteroatoms. The molecular weight excluding hydrogens is 1730 g/mol. The minimum absolute atomic E-state index is 0.311. The van der Waals surface area contributed by atoms with Crippen LogP contribution in [0.1, 0.15) is 145 Å². The summed E-state index contributed by atoms with van der Waals surface area (Å²) in [4.78, 5) is 62.3. The van der Waals surface area contributed by atoms with Crippen LogP contribution < -0.4 is 55.3 Å². The molecule has 5 atom stereocenters. The number of nitrogens with two attached hydrogens (primary N) is 5. The fraction of sp³-hybridized carbons (Fsp3) is 0.283. The summed E-state index contributed by atoms with van der Waals surface area (Å²) < 4.78 is 15.4. The number of carbonyl (C=O) groups excluding carboxylic acids is 1. The van der Waals surface area contributed by atoms with Crippen molar-refractivity contribution in [2.24, 2.45) is 0 Å². The van der Waals surface area contributed by atoms with Crippen molar-refractivity contribution in [3.05, 3.63) is 262 Å². The number of halogens is 1. The summed E-state index contributed by atoms with van der Waals surface area (Å²) in [5, 5.41) is 26.3. The molecule has 5 aliphatic rings. The second kappa shape index (κ2) is 40.0. The Balaban J connectivity index is 0.000000106. The molecule has 0 spiro atoms. The summed E-state index contributed by atoms with van der Waals surface area (Å²) in [6.07, 6.45) is 31.4. The molecule has 4 aromatic carbocycles. The molecule has 1 unspecified atom stereocenters.